The first-order chi connectivity index (χ1) is 14.8. The topological polar surface area (TPSA) is 79.5 Å². The molecule has 2 aromatic carbocycles. The molecule has 0 saturated carbocycles. The number of H-pyrrole nitrogens is 1. The molecule has 0 radical (unpaired) electrons. The van der Waals surface area contributed by atoms with Crippen LogP contribution in [0.25, 0.3) is 10.9 Å². The number of benzene rings is 2. The molecule has 2 heterocycles. The van der Waals surface area contributed by atoms with Gasteiger partial charge in [-0.2, -0.15) is 4.31 Å². The second-order valence-corrected chi connectivity index (χ2v) is 9.86. The first kappa shape index (κ1) is 21.7. The Morgan fingerprint density at radius 1 is 1.19 bits per heavy atom. The Kier molecular flexibility index (Phi) is 5.96. The molecular formula is C23H25FN2O4S. The van der Waals surface area contributed by atoms with Crippen molar-refractivity contribution in [3.05, 3.63) is 75.3 Å². The van der Waals surface area contributed by atoms with E-state index in [-0.39, 0.29) is 24.8 Å². The summed E-state index contributed by atoms with van der Waals surface area (Å²) in [5.74, 6) is -0.821. The summed E-state index contributed by atoms with van der Waals surface area (Å²) in [5, 5.41) is 0.818. The van der Waals surface area contributed by atoms with Gasteiger partial charge in [-0.05, 0) is 61.4 Å². The molecule has 1 N–H and O–H groups in total. The number of pyridine rings is 1. The summed E-state index contributed by atoms with van der Waals surface area (Å²) >= 11 is 0. The number of aromatic nitrogens is 1. The molecule has 31 heavy (non-hydrogen) atoms. The summed E-state index contributed by atoms with van der Waals surface area (Å²) in [5.41, 5.74) is 2.70. The lowest BCUT2D eigenvalue weighted by Gasteiger charge is -2.25. The molecule has 1 aromatic heterocycles. The van der Waals surface area contributed by atoms with E-state index in [9.17, 15) is 17.6 Å². The Labute approximate surface area is 180 Å². The SMILES string of the molecule is Cc1ccc2cc(CN(C[C@H]3CCCO3)S(=O)(=O)c3ccccc3F)c(=O)[nH]c2c1C. The van der Waals surface area contributed by atoms with Crippen molar-refractivity contribution in [3.8, 4) is 0 Å². The maximum absolute atomic E-state index is 14.4. The van der Waals surface area contributed by atoms with Crippen molar-refractivity contribution in [2.45, 2.75) is 44.2 Å². The lowest BCUT2D eigenvalue weighted by Crippen LogP contribution is -2.38. The van der Waals surface area contributed by atoms with Gasteiger partial charge in [0.05, 0.1) is 11.6 Å². The highest BCUT2D eigenvalue weighted by Gasteiger charge is 2.31. The van der Waals surface area contributed by atoms with Gasteiger partial charge in [-0.25, -0.2) is 12.8 Å². The molecule has 8 heteroatoms. The number of ether oxygens (including phenoxy) is 1. The standard InChI is InChI=1S/C23H25FN2O4S/c1-15-9-10-17-12-18(23(27)25-22(17)16(15)2)13-26(14-19-6-5-11-30-19)31(28,29)21-8-4-3-7-20(21)24/h3-4,7-10,12,19H,5-6,11,13-14H2,1-2H3,(H,25,27)/t19-/m1/s1. The lowest BCUT2D eigenvalue weighted by atomic mass is 10.0. The monoisotopic (exact) mass is 444 g/mol. The Balaban J connectivity index is 1.76. The van der Waals surface area contributed by atoms with Crippen LogP contribution in [-0.4, -0.2) is 37.0 Å². The maximum atomic E-state index is 14.4. The second kappa shape index (κ2) is 8.53. The quantitative estimate of drug-likeness (QED) is 0.629. The van der Waals surface area contributed by atoms with Crippen LogP contribution in [0, 0.1) is 19.7 Å². The number of hydrogen-bond acceptors (Lipinski definition) is 4. The fourth-order valence-electron chi connectivity index (χ4n) is 3.93. The molecule has 6 nitrogen and oxygen atoms in total. The molecule has 0 bridgehead atoms. The Morgan fingerprint density at radius 2 is 1.97 bits per heavy atom. The molecule has 4 rings (SSSR count). The maximum Gasteiger partial charge on any atom is 0.252 e. The molecule has 1 aliphatic rings. The number of aryl methyl sites for hydroxylation is 2. The van der Waals surface area contributed by atoms with Gasteiger partial charge in [0.1, 0.15) is 10.7 Å². The van der Waals surface area contributed by atoms with Gasteiger partial charge in [0.15, 0.2) is 0 Å². The minimum atomic E-state index is -4.18. The van der Waals surface area contributed by atoms with E-state index in [0.29, 0.717) is 12.2 Å². The molecule has 164 valence electrons. The van der Waals surface area contributed by atoms with Gasteiger partial charge in [-0.1, -0.05) is 24.3 Å². The minimum Gasteiger partial charge on any atom is -0.377 e. The van der Waals surface area contributed by atoms with E-state index < -0.39 is 20.7 Å². The lowest BCUT2D eigenvalue weighted by molar-refractivity contribution is 0.0924. The van der Waals surface area contributed by atoms with Gasteiger partial charge >= 0.3 is 0 Å². The van der Waals surface area contributed by atoms with Crippen LogP contribution >= 0.6 is 0 Å². The van der Waals surface area contributed by atoms with Gasteiger partial charge in [0.2, 0.25) is 10.0 Å². The molecule has 0 unspecified atom stereocenters. The van der Waals surface area contributed by atoms with Crippen LogP contribution in [0.5, 0.6) is 0 Å². The van der Waals surface area contributed by atoms with Crippen molar-refractivity contribution in [2.75, 3.05) is 13.2 Å². The first-order valence-corrected chi connectivity index (χ1v) is 11.7. The number of hydrogen-bond donors (Lipinski definition) is 1. The molecule has 1 fully saturated rings. The largest absolute Gasteiger partial charge is 0.377 e. The van der Waals surface area contributed by atoms with Crippen molar-refractivity contribution in [2.24, 2.45) is 0 Å². The first-order valence-electron chi connectivity index (χ1n) is 10.3. The Hall–Kier alpha value is -2.55. The number of halogens is 1. The number of nitrogens with zero attached hydrogens (tertiary/aromatic N) is 1. The third kappa shape index (κ3) is 4.28. The van der Waals surface area contributed by atoms with Crippen LogP contribution in [0.2, 0.25) is 0 Å². The predicted molar refractivity (Wildman–Crippen MR) is 117 cm³/mol. The van der Waals surface area contributed by atoms with Crippen LogP contribution in [0.4, 0.5) is 4.39 Å². The summed E-state index contributed by atoms with van der Waals surface area (Å²) < 4.78 is 47.8. The van der Waals surface area contributed by atoms with E-state index in [1.807, 2.05) is 26.0 Å². The number of aromatic amines is 1. The van der Waals surface area contributed by atoms with E-state index >= 15 is 0 Å². The zero-order valence-electron chi connectivity index (χ0n) is 17.5. The van der Waals surface area contributed by atoms with Crippen LogP contribution in [0.1, 0.15) is 29.5 Å². The Morgan fingerprint density at radius 3 is 2.68 bits per heavy atom. The van der Waals surface area contributed by atoms with E-state index in [1.54, 1.807) is 6.07 Å². The predicted octanol–water partition coefficient (Wildman–Crippen LogP) is 3.65. The van der Waals surface area contributed by atoms with Gasteiger partial charge < -0.3 is 9.72 Å². The fraction of sp³-hybridized carbons (Fsp3) is 0.348. The van der Waals surface area contributed by atoms with Crippen molar-refractivity contribution in [3.63, 3.8) is 0 Å². The molecule has 0 aliphatic carbocycles. The zero-order valence-corrected chi connectivity index (χ0v) is 18.3. The number of sulfonamides is 1. The van der Waals surface area contributed by atoms with E-state index in [4.69, 9.17) is 4.74 Å². The molecule has 1 atom stereocenters. The van der Waals surface area contributed by atoms with Gasteiger partial charge in [0, 0.05) is 25.3 Å². The minimum absolute atomic E-state index is 0.0566. The molecule has 0 amide bonds. The summed E-state index contributed by atoms with van der Waals surface area (Å²) in [6, 6.07) is 10.8. The van der Waals surface area contributed by atoms with Gasteiger partial charge in [-0.3, -0.25) is 4.79 Å². The molecule has 1 saturated heterocycles. The Bertz CT molecular complexity index is 1280. The smallest absolute Gasteiger partial charge is 0.252 e. The van der Waals surface area contributed by atoms with Crippen LogP contribution in [0.3, 0.4) is 0 Å². The number of rotatable bonds is 6. The molecule has 0 spiro atoms. The summed E-state index contributed by atoms with van der Waals surface area (Å²) in [6.45, 7) is 4.34. The third-order valence-electron chi connectivity index (χ3n) is 5.86. The van der Waals surface area contributed by atoms with E-state index in [2.05, 4.69) is 4.98 Å². The van der Waals surface area contributed by atoms with Crippen molar-refractivity contribution in [1.82, 2.24) is 9.29 Å². The van der Waals surface area contributed by atoms with Gasteiger partial charge in [-0.15, -0.1) is 0 Å². The highest BCUT2D eigenvalue weighted by molar-refractivity contribution is 7.89. The summed E-state index contributed by atoms with van der Waals surface area (Å²) in [6.07, 6.45) is 1.27. The van der Waals surface area contributed by atoms with E-state index in [1.165, 1.54) is 18.2 Å². The highest BCUT2D eigenvalue weighted by Crippen LogP contribution is 2.25. The molecular weight excluding hydrogens is 419 g/mol. The second-order valence-electron chi connectivity index (χ2n) is 7.96. The van der Waals surface area contributed by atoms with Crippen molar-refractivity contribution < 1.29 is 17.5 Å². The average molecular weight is 445 g/mol. The van der Waals surface area contributed by atoms with Crippen LogP contribution in [0.15, 0.2) is 52.2 Å². The van der Waals surface area contributed by atoms with Gasteiger partial charge in [0.25, 0.3) is 5.56 Å². The highest BCUT2D eigenvalue weighted by atomic mass is 32.2. The van der Waals surface area contributed by atoms with Crippen molar-refractivity contribution in [1.29, 1.82) is 0 Å². The average Bonchev–Trinajstić information content (AvgIpc) is 3.25. The molecule has 3 aromatic rings. The normalized spacial score (nSPS) is 17.0. The van der Waals surface area contributed by atoms with E-state index in [0.717, 1.165) is 45.2 Å². The zero-order chi connectivity index (χ0) is 22.2. The van der Waals surface area contributed by atoms with Crippen LogP contribution in [-0.2, 0) is 21.3 Å². The number of fused-ring (bicyclic) bond motifs is 1. The summed E-state index contributed by atoms with van der Waals surface area (Å²) in [4.78, 5) is 15.3. The van der Waals surface area contributed by atoms with Crippen molar-refractivity contribution >= 4 is 20.9 Å². The van der Waals surface area contributed by atoms with Crippen LogP contribution < -0.4 is 5.56 Å². The number of nitrogens with one attached hydrogen (secondary N) is 1. The summed E-state index contributed by atoms with van der Waals surface area (Å²) in [7, 11) is -4.18. The third-order valence-corrected chi connectivity index (χ3v) is 7.71. The molecule has 1 aliphatic heterocycles. The fourth-order valence-corrected chi connectivity index (χ4v) is 5.45.